The Bertz CT molecular complexity index is 1210. The van der Waals surface area contributed by atoms with Gasteiger partial charge in [0.05, 0.1) is 16.5 Å². The Morgan fingerprint density at radius 1 is 1.08 bits per heavy atom. The third-order valence-electron chi connectivity index (χ3n) is 6.40. The van der Waals surface area contributed by atoms with Crippen LogP contribution < -0.4 is 5.32 Å². The van der Waals surface area contributed by atoms with E-state index in [1.807, 2.05) is 30.3 Å². The number of benzene rings is 2. The minimum Gasteiger partial charge on any atom is -0.478 e. The lowest BCUT2D eigenvalue weighted by atomic mass is 9.93. The van der Waals surface area contributed by atoms with E-state index in [9.17, 15) is 29.6 Å². The van der Waals surface area contributed by atoms with Crippen molar-refractivity contribution in [2.45, 2.75) is 25.9 Å². The molecule has 0 saturated carbocycles. The summed E-state index contributed by atoms with van der Waals surface area (Å²) in [6, 6.07) is 13.8. The van der Waals surface area contributed by atoms with Crippen molar-refractivity contribution in [2.24, 2.45) is 0 Å². The average Bonchev–Trinajstić information content (AvgIpc) is 3.19. The van der Waals surface area contributed by atoms with Gasteiger partial charge in [-0.25, -0.2) is 14.4 Å². The number of hydrogen-bond donors (Lipinski definition) is 2. The lowest BCUT2D eigenvalue weighted by molar-refractivity contribution is -0.384. The predicted molar refractivity (Wildman–Crippen MR) is 130 cm³/mol. The molecule has 4 amide bonds. The quantitative estimate of drug-likeness (QED) is 0.406. The molecular formula is C25H27N5O6. The second kappa shape index (κ2) is 10.5. The van der Waals surface area contributed by atoms with Crippen molar-refractivity contribution < 1.29 is 24.4 Å². The van der Waals surface area contributed by atoms with Crippen LogP contribution >= 0.6 is 0 Å². The Labute approximate surface area is 207 Å². The zero-order valence-corrected chi connectivity index (χ0v) is 19.8. The van der Waals surface area contributed by atoms with E-state index in [0.717, 1.165) is 5.56 Å². The summed E-state index contributed by atoms with van der Waals surface area (Å²) in [6.07, 6.45) is 0.412. The number of urea groups is 2. The van der Waals surface area contributed by atoms with Crippen molar-refractivity contribution in [2.75, 3.05) is 26.2 Å². The van der Waals surface area contributed by atoms with Gasteiger partial charge in [-0.3, -0.25) is 10.1 Å². The largest absolute Gasteiger partial charge is 0.478 e. The first-order valence-electron chi connectivity index (χ1n) is 11.6. The zero-order valence-electron chi connectivity index (χ0n) is 19.8. The highest BCUT2D eigenvalue weighted by Gasteiger charge is 2.38. The number of carbonyl (C=O) groups excluding carboxylic acids is 2. The summed E-state index contributed by atoms with van der Waals surface area (Å²) in [5.74, 6) is -1.22. The van der Waals surface area contributed by atoms with Crippen LogP contribution in [0.1, 0.15) is 30.5 Å². The summed E-state index contributed by atoms with van der Waals surface area (Å²) in [5.41, 5.74) is 1.32. The van der Waals surface area contributed by atoms with Gasteiger partial charge in [0.25, 0.3) is 5.69 Å². The molecule has 11 heteroatoms. The van der Waals surface area contributed by atoms with Crippen molar-refractivity contribution in [1.82, 2.24) is 20.0 Å². The molecule has 2 heterocycles. The Kier molecular flexibility index (Phi) is 7.18. The summed E-state index contributed by atoms with van der Waals surface area (Å²) in [5, 5.41) is 23.8. The van der Waals surface area contributed by atoms with Gasteiger partial charge in [0.1, 0.15) is 0 Å². The van der Waals surface area contributed by atoms with Crippen molar-refractivity contribution in [3.63, 3.8) is 0 Å². The molecule has 188 valence electrons. The monoisotopic (exact) mass is 493 g/mol. The fourth-order valence-corrected chi connectivity index (χ4v) is 4.66. The maximum Gasteiger partial charge on any atom is 0.335 e. The number of nitro groups is 1. The SMILES string of the molecule is CC1=C(C(=O)O)C(c2cccc([N+](=O)[O-])c2)N(CCCN2CCN(Cc3ccccc3)C2=O)C(=O)N1. The molecule has 0 radical (unpaired) electrons. The van der Waals surface area contributed by atoms with Gasteiger partial charge in [0.2, 0.25) is 0 Å². The van der Waals surface area contributed by atoms with Crippen LogP contribution in [-0.2, 0) is 11.3 Å². The molecule has 36 heavy (non-hydrogen) atoms. The number of nitrogens with one attached hydrogen (secondary N) is 1. The number of carboxylic acids is 1. The molecule has 2 aliphatic heterocycles. The molecule has 1 unspecified atom stereocenters. The van der Waals surface area contributed by atoms with E-state index in [2.05, 4.69) is 5.32 Å². The van der Waals surface area contributed by atoms with Gasteiger partial charge in [-0.15, -0.1) is 0 Å². The van der Waals surface area contributed by atoms with Gasteiger partial charge in [-0.2, -0.15) is 0 Å². The number of carbonyl (C=O) groups is 3. The second-order valence-corrected chi connectivity index (χ2v) is 8.75. The van der Waals surface area contributed by atoms with Crippen LogP contribution in [0, 0.1) is 10.1 Å². The number of non-ortho nitro benzene ring substituents is 1. The van der Waals surface area contributed by atoms with E-state index in [0.29, 0.717) is 38.2 Å². The number of amides is 4. The minimum absolute atomic E-state index is 0.0543. The van der Waals surface area contributed by atoms with Crippen molar-refractivity contribution in [3.8, 4) is 0 Å². The molecule has 4 rings (SSSR count). The molecule has 0 spiro atoms. The number of nitro benzene ring substituents is 1. The van der Waals surface area contributed by atoms with E-state index in [1.54, 1.807) is 15.9 Å². The third-order valence-corrected chi connectivity index (χ3v) is 6.40. The molecule has 2 aliphatic rings. The van der Waals surface area contributed by atoms with Crippen molar-refractivity contribution in [3.05, 3.63) is 87.1 Å². The number of rotatable bonds is 9. The lowest BCUT2D eigenvalue weighted by Gasteiger charge is -2.37. The van der Waals surface area contributed by atoms with Gasteiger partial charge in [0.15, 0.2) is 0 Å². The van der Waals surface area contributed by atoms with Crippen LogP contribution in [-0.4, -0.2) is 68.9 Å². The lowest BCUT2D eigenvalue weighted by Crippen LogP contribution is -2.49. The topological polar surface area (TPSA) is 136 Å². The zero-order chi connectivity index (χ0) is 25.8. The molecule has 0 aliphatic carbocycles. The minimum atomic E-state index is -1.22. The molecule has 1 fully saturated rings. The van der Waals surface area contributed by atoms with Crippen molar-refractivity contribution >= 4 is 23.7 Å². The fourth-order valence-electron chi connectivity index (χ4n) is 4.66. The van der Waals surface area contributed by atoms with Crippen LogP contribution in [0.15, 0.2) is 65.9 Å². The first-order valence-corrected chi connectivity index (χ1v) is 11.6. The molecule has 2 aromatic carbocycles. The van der Waals surface area contributed by atoms with Crippen LogP contribution in [0.25, 0.3) is 0 Å². The highest BCUT2D eigenvalue weighted by molar-refractivity contribution is 5.93. The molecular weight excluding hydrogens is 466 g/mol. The smallest absolute Gasteiger partial charge is 0.335 e. The predicted octanol–water partition coefficient (Wildman–Crippen LogP) is 3.35. The van der Waals surface area contributed by atoms with E-state index in [4.69, 9.17) is 0 Å². The van der Waals surface area contributed by atoms with Gasteiger partial charge < -0.3 is 25.1 Å². The van der Waals surface area contributed by atoms with Crippen LogP contribution in [0.4, 0.5) is 15.3 Å². The summed E-state index contributed by atoms with van der Waals surface area (Å²) >= 11 is 0. The normalized spacial score (nSPS) is 18.0. The average molecular weight is 494 g/mol. The van der Waals surface area contributed by atoms with Crippen LogP contribution in [0.2, 0.25) is 0 Å². The first-order chi connectivity index (χ1) is 17.3. The van der Waals surface area contributed by atoms with E-state index in [-0.39, 0.29) is 29.5 Å². The maximum absolute atomic E-state index is 12.9. The third kappa shape index (κ3) is 5.14. The van der Waals surface area contributed by atoms with Gasteiger partial charge in [0, 0.05) is 50.6 Å². The molecule has 1 saturated heterocycles. The maximum atomic E-state index is 12.9. The van der Waals surface area contributed by atoms with E-state index < -0.39 is 23.0 Å². The van der Waals surface area contributed by atoms with Gasteiger partial charge in [-0.1, -0.05) is 42.5 Å². The second-order valence-electron chi connectivity index (χ2n) is 8.75. The van der Waals surface area contributed by atoms with Crippen LogP contribution in [0.3, 0.4) is 0 Å². The molecule has 11 nitrogen and oxygen atoms in total. The molecule has 1 atom stereocenters. The van der Waals surface area contributed by atoms with E-state index >= 15 is 0 Å². The Hall–Kier alpha value is -4.41. The van der Waals surface area contributed by atoms with Crippen molar-refractivity contribution in [1.29, 1.82) is 0 Å². The number of nitrogens with zero attached hydrogens (tertiary/aromatic N) is 4. The van der Waals surface area contributed by atoms with Gasteiger partial charge in [-0.05, 0) is 24.5 Å². The molecule has 2 N–H and O–H groups in total. The summed E-state index contributed by atoms with van der Waals surface area (Å²) in [4.78, 5) is 53.4. The number of aliphatic carboxylic acids is 1. The summed E-state index contributed by atoms with van der Waals surface area (Å²) < 4.78 is 0. The van der Waals surface area contributed by atoms with Crippen LogP contribution in [0.5, 0.6) is 0 Å². The fraction of sp³-hybridized carbons (Fsp3) is 0.320. The first kappa shape index (κ1) is 24.7. The standard InChI is InChI=1S/C25H27N5O6/c1-17-21(23(31)32)22(19-9-5-10-20(15-19)30(35)36)29(24(33)26-17)12-6-11-27-13-14-28(25(27)34)16-18-7-3-2-4-8-18/h2-5,7-10,15,22H,6,11-14,16H2,1H3,(H,26,33)(H,31,32). The molecule has 2 aromatic rings. The van der Waals surface area contributed by atoms with Gasteiger partial charge >= 0.3 is 18.0 Å². The summed E-state index contributed by atoms with van der Waals surface area (Å²) in [6.45, 7) is 3.72. The number of carboxylic acid groups (broad SMARTS) is 1. The number of hydrogen-bond acceptors (Lipinski definition) is 5. The Morgan fingerprint density at radius 3 is 2.50 bits per heavy atom. The Balaban J connectivity index is 1.48. The molecule has 0 aromatic heterocycles. The highest BCUT2D eigenvalue weighted by Crippen LogP contribution is 2.35. The Morgan fingerprint density at radius 2 is 1.81 bits per heavy atom. The highest BCUT2D eigenvalue weighted by atomic mass is 16.6. The summed E-state index contributed by atoms with van der Waals surface area (Å²) in [7, 11) is 0. The number of allylic oxidation sites excluding steroid dienone is 1. The molecule has 0 bridgehead atoms. The van der Waals surface area contributed by atoms with E-state index in [1.165, 1.54) is 30.0 Å².